The predicted octanol–water partition coefficient (Wildman–Crippen LogP) is 6.63. The van der Waals surface area contributed by atoms with Crippen molar-refractivity contribution in [2.75, 3.05) is 6.54 Å². The van der Waals surface area contributed by atoms with Gasteiger partial charge in [0.25, 0.3) is 0 Å². The van der Waals surface area contributed by atoms with Crippen molar-refractivity contribution < 1.29 is 4.79 Å². The van der Waals surface area contributed by atoms with Crippen molar-refractivity contribution in [1.29, 1.82) is 0 Å². The molecule has 0 saturated heterocycles. The first-order chi connectivity index (χ1) is 14.7. The first-order valence-corrected chi connectivity index (χ1v) is 12.3. The topological polar surface area (TPSA) is 29.1 Å². The Morgan fingerprint density at radius 1 is 0.967 bits per heavy atom. The molecule has 3 aromatic rings. The SMILES string of the molecule is CC#Cc1ccc(-c2ccc(C(=O)C3CCC(CNCc4ccccc4)CC3)s2)s1. The average Bonchev–Trinajstić information content (AvgIpc) is 3.45. The number of benzene rings is 1. The van der Waals surface area contributed by atoms with Crippen LogP contribution in [0.5, 0.6) is 0 Å². The number of ketones is 1. The second-order valence-corrected chi connectivity index (χ2v) is 10.1. The zero-order valence-corrected chi connectivity index (χ0v) is 19.0. The van der Waals surface area contributed by atoms with E-state index in [0.29, 0.717) is 11.7 Å². The van der Waals surface area contributed by atoms with Crippen molar-refractivity contribution in [1.82, 2.24) is 5.32 Å². The molecule has 0 spiro atoms. The third kappa shape index (κ3) is 5.29. The molecule has 0 atom stereocenters. The lowest BCUT2D eigenvalue weighted by Gasteiger charge is -2.27. The zero-order valence-electron chi connectivity index (χ0n) is 17.3. The number of rotatable bonds is 7. The van der Waals surface area contributed by atoms with Gasteiger partial charge in [-0.3, -0.25) is 4.79 Å². The van der Waals surface area contributed by atoms with Gasteiger partial charge in [0.2, 0.25) is 0 Å². The van der Waals surface area contributed by atoms with Gasteiger partial charge in [-0.1, -0.05) is 36.3 Å². The van der Waals surface area contributed by atoms with E-state index in [0.717, 1.165) is 48.5 Å². The van der Waals surface area contributed by atoms with Crippen molar-refractivity contribution in [3.63, 3.8) is 0 Å². The third-order valence-electron chi connectivity index (χ3n) is 5.77. The number of thiophene rings is 2. The summed E-state index contributed by atoms with van der Waals surface area (Å²) in [5.41, 5.74) is 1.33. The number of nitrogens with one attached hydrogen (secondary N) is 1. The minimum Gasteiger partial charge on any atom is -0.312 e. The lowest BCUT2D eigenvalue weighted by molar-refractivity contribution is 0.0876. The van der Waals surface area contributed by atoms with Crippen LogP contribution in [0.15, 0.2) is 54.6 Å². The number of hydrogen-bond acceptors (Lipinski definition) is 4. The predicted molar refractivity (Wildman–Crippen MR) is 128 cm³/mol. The van der Waals surface area contributed by atoms with Gasteiger partial charge in [0.05, 0.1) is 9.75 Å². The maximum Gasteiger partial charge on any atom is 0.175 e. The average molecular weight is 434 g/mol. The van der Waals surface area contributed by atoms with Crippen molar-refractivity contribution in [2.45, 2.75) is 39.2 Å². The first-order valence-electron chi connectivity index (χ1n) is 10.6. The minimum atomic E-state index is 0.187. The second-order valence-electron chi connectivity index (χ2n) is 7.90. The van der Waals surface area contributed by atoms with Crippen molar-refractivity contribution in [3.05, 3.63) is 69.9 Å². The summed E-state index contributed by atoms with van der Waals surface area (Å²) < 4.78 is 0. The molecule has 0 aliphatic heterocycles. The number of carbonyl (C=O) groups is 1. The van der Waals surface area contributed by atoms with Gasteiger partial charge in [-0.2, -0.15) is 0 Å². The van der Waals surface area contributed by atoms with E-state index in [4.69, 9.17) is 0 Å². The van der Waals surface area contributed by atoms with Gasteiger partial charge in [-0.15, -0.1) is 28.6 Å². The smallest absolute Gasteiger partial charge is 0.175 e. The summed E-state index contributed by atoms with van der Waals surface area (Å²) in [6.45, 7) is 3.82. The van der Waals surface area contributed by atoms with E-state index in [1.807, 2.05) is 13.0 Å². The standard InChI is InChI=1S/C26H27NOS2/c1-2-6-22-13-14-23(29-22)24-15-16-25(30-24)26(28)21-11-9-20(10-12-21)18-27-17-19-7-4-3-5-8-19/h3-5,7-8,13-16,20-21,27H,9-12,17-18H2,1H3. The molecule has 154 valence electrons. The van der Waals surface area contributed by atoms with Crippen LogP contribution in [0.2, 0.25) is 0 Å². The van der Waals surface area contributed by atoms with Crippen LogP contribution in [0.4, 0.5) is 0 Å². The molecule has 4 rings (SSSR count). The molecule has 2 heterocycles. The Kier molecular flexibility index (Phi) is 7.17. The van der Waals surface area contributed by atoms with Gasteiger partial charge < -0.3 is 5.32 Å². The Bertz CT molecular complexity index is 1030. The molecule has 30 heavy (non-hydrogen) atoms. The van der Waals surface area contributed by atoms with Crippen LogP contribution in [0, 0.1) is 23.7 Å². The van der Waals surface area contributed by atoms with E-state index in [2.05, 4.69) is 65.7 Å². The van der Waals surface area contributed by atoms with E-state index < -0.39 is 0 Å². The number of carbonyl (C=O) groups excluding carboxylic acids is 1. The summed E-state index contributed by atoms with van der Waals surface area (Å²) >= 11 is 3.33. The highest BCUT2D eigenvalue weighted by atomic mass is 32.1. The summed E-state index contributed by atoms with van der Waals surface area (Å²) in [7, 11) is 0. The Morgan fingerprint density at radius 3 is 2.47 bits per heavy atom. The van der Waals surface area contributed by atoms with Gasteiger partial charge in [-0.05, 0) is 74.9 Å². The Balaban J connectivity index is 1.27. The fourth-order valence-electron chi connectivity index (χ4n) is 4.11. The van der Waals surface area contributed by atoms with Crippen LogP contribution >= 0.6 is 22.7 Å². The largest absolute Gasteiger partial charge is 0.312 e. The maximum atomic E-state index is 13.0. The molecule has 1 aliphatic rings. The lowest BCUT2D eigenvalue weighted by atomic mass is 9.79. The zero-order chi connectivity index (χ0) is 20.8. The van der Waals surface area contributed by atoms with E-state index in [9.17, 15) is 4.79 Å². The molecule has 1 aromatic carbocycles. The molecular weight excluding hydrogens is 406 g/mol. The maximum absolute atomic E-state index is 13.0. The number of Topliss-reactive ketones (excluding diaryl/α,β-unsaturated/α-hetero) is 1. The van der Waals surface area contributed by atoms with Crippen molar-refractivity contribution in [3.8, 4) is 21.6 Å². The molecule has 4 heteroatoms. The van der Waals surface area contributed by atoms with Crippen LogP contribution in [0.1, 0.15) is 52.7 Å². The summed E-state index contributed by atoms with van der Waals surface area (Å²) in [5.74, 6) is 7.26. The lowest BCUT2D eigenvalue weighted by Crippen LogP contribution is -2.28. The van der Waals surface area contributed by atoms with Crippen molar-refractivity contribution in [2.24, 2.45) is 11.8 Å². The molecule has 0 unspecified atom stereocenters. The molecule has 2 nitrogen and oxygen atoms in total. The van der Waals surface area contributed by atoms with Crippen LogP contribution in [-0.4, -0.2) is 12.3 Å². The van der Waals surface area contributed by atoms with Crippen LogP contribution in [0.25, 0.3) is 9.75 Å². The highest BCUT2D eigenvalue weighted by Crippen LogP contribution is 2.37. The van der Waals surface area contributed by atoms with E-state index >= 15 is 0 Å². The molecular formula is C26H27NOS2. The number of hydrogen-bond donors (Lipinski definition) is 1. The van der Waals surface area contributed by atoms with Gasteiger partial charge in [0.15, 0.2) is 5.78 Å². The molecule has 0 amide bonds. The molecule has 1 fully saturated rings. The molecule has 1 N–H and O–H groups in total. The van der Waals surface area contributed by atoms with E-state index in [1.54, 1.807) is 22.7 Å². The summed E-state index contributed by atoms with van der Waals surface area (Å²) in [6.07, 6.45) is 4.30. The van der Waals surface area contributed by atoms with Crippen molar-refractivity contribution >= 4 is 28.5 Å². The van der Waals surface area contributed by atoms with E-state index in [-0.39, 0.29) is 5.92 Å². The van der Waals surface area contributed by atoms with Crippen LogP contribution in [-0.2, 0) is 6.54 Å². The monoisotopic (exact) mass is 433 g/mol. The Morgan fingerprint density at radius 2 is 1.70 bits per heavy atom. The molecule has 0 bridgehead atoms. The molecule has 2 aromatic heterocycles. The van der Waals surface area contributed by atoms with E-state index in [1.165, 1.54) is 15.3 Å². The summed E-state index contributed by atoms with van der Waals surface area (Å²) in [6, 6.07) is 18.8. The van der Waals surface area contributed by atoms with Gasteiger partial charge in [-0.25, -0.2) is 0 Å². The summed E-state index contributed by atoms with van der Waals surface area (Å²) in [4.78, 5) is 17.4. The minimum absolute atomic E-state index is 0.187. The fourth-order valence-corrected chi connectivity index (χ4v) is 6.14. The third-order valence-corrected chi connectivity index (χ3v) is 8.06. The molecule has 1 saturated carbocycles. The Labute approximate surface area is 187 Å². The highest BCUT2D eigenvalue weighted by Gasteiger charge is 2.27. The second kappa shape index (κ2) is 10.2. The molecule has 0 radical (unpaired) electrons. The Hall–Kier alpha value is -2.19. The van der Waals surface area contributed by atoms with Gasteiger partial charge >= 0.3 is 0 Å². The first kappa shape index (κ1) is 21.1. The van der Waals surface area contributed by atoms with Crippen LogP contribution < -0.4 is 5.32 Å². The summed E-state index contributed by atoms with van der Waals surface area (Å²) in [5, 5.41) is 3.59. The fraction of sp³-hybridized carbons (Fsp3) is 0.346. The normalized spacial score (nSPS) is 18.6. The highest BCUT2D eigenvalue weighted by molar-refractivity contribution is 7.23. The molecule has 1 aliphatic carbocycles. The van der Waals surface area contributed by atoms with Gasteiger partial charge in [0, 0.05) is 22.2 Å². The van der Waals surface area contributed by atoms with Crippen LogP contribution in [0.3, 0.4) is 0 Å². The van der Waals surface area contributed by atoms with Gasteiger partial charge in [0.1, 0.15) is 0 Å². The quantitative estimate of drug-likeness (QED) is 0.335.